The van der Waals surface area contributed by atoms with Crippen molar-refractivity contribution in [2.45, 2.75) is 59.0 Å². The molecule has 2 saturated heterocycles. The number of anilines is 1. The van der Waals surface area contributed by atoms with E-state index in [0.29, 0.717) is 6.04 Å². The van der Waals surface area contributed by atoms with Gasteiger partial charge in [0.05, 0.1) is 6.54 Å². The SMILES string of the molecule is Cc1cc(N2CCCCCC2)n2nc(CN3CCN(C(C)C)CC3)nc2n1. The molecule has 2 aromatic rings. The second-order valence-corrected chi connectivity index (χ2v) is 8.30. The van der Waals surface area contributed by atoms with Crippen molar-refractivity contribution < 1.29 is 0 Å². The molecule has 0 aliphatic carbocycles. The lowest BCUT2D eigenvalue weighted by molar-refractivity contribution is 0.102. The van der Waals surface area contributed by atoms with Gasteiger partial charge in [-0.05, 0) is 33.6 Å². The first kappa shape index (κ1) is 18.6. The second-order valence-electron chi connectivity index (χ2n) is 8.30. The van der Waals surface area contributed by atoms with Crippen LogP contribution >= 0.6 is 0 Å². The van der Waals surface area contributed by atoms with Gasteiger partial charge in [0, 0.05) is 57.1 Å². The molecule has 0 spiro atoms. The predicted molar refractivity (Wildman–Crippen MR) is 108 cm³/mol. The summed E-state index contributed by atoms with van der Waals surface area (Å²) in [7, 11) is 0. The Morgan fingerprint density at radius 1 is 0.926 bits per heavy atom. The molecule has 0 unspecified atom stereocenters. The summed E-state index contributed by atoms with van der Waals surface area (Å²) in [6, 6.07) is 2.79. The third-order valence-corrected chi connectivity index (χ3v) is 5.90. The highest BCUT2D eigenvalue weighted by Crippen LogP contribution is 2.21. The first-order valence-corrected chi connectivity index (χ1v) is 10.5. The smallest absolute Gasteiger partial charge is 0.254 e. The Bertz CT molecular complexity index is 753. The topological polar surface area (TPSA) is 52.8 Å². The minimum Gasteiger partial charge on any atom is -0.356 e. The van der Waals surface area contributed by atoms with Gasteiger partial charge >= 0.3 is 0 Å². The number of piperazine rings is 1. The van der Waals surface area contributed by atoms with Crippen molar-refractivity contribution in [3.8, 4) is 0 Å². The van der Waals surface area contributed by atoms with Gasteiger partial charge in [-0.1, -0.05) is 12.8 Å². The summed E-state index contributed by atoms with van der Waals surface area (Å²) in [6.07, 6.45) is 5.17. The van der Waals surface area contributed by atoms with E-state index in [0.717, 1.165) is 68.9 Å². The molecule has 0 saturated carbocycles. The van der Waals surface area contributed by atoms with Crippen molar-refractivity contribution >= 4 is 11.6 Å². The third kappa shape index (κ3) is 4.24. The van der Waals surface area contributed by atoms with E-state index in [4.69, 9.17) is 10.1 Å². The van der Waals surface area contributed by atoms with Crippen LogP contribution in [0.15, 0.2) is 6.07 Å². The summed E-state index contributed by atoms with van der Waals surface area (Å²) >= 11 is 0. The third-order valence-electron chi connectivity index (χ3n) is 5.90. The molecule has 0 amide bonds. The van der Waals surface area contributed by atoms with Crippen LogP contribution in [0.2, 0.25) is 0 Å². The van der Waals surface area contributed by atoms with Crippen molar-refractivity contribution in [3.63, 3.8) is 0 Å². The van der Waals surface area contributed by atoms with Crippen LogP contribution in [0.3, 0.4) is 0 Å². The molecule has 2 fully saturated rings. The zero-order chi connectivity index (χ0) is 18.8. The average Bonchev–Trinajstić information content (AvgIpc) is 2.87. The van der Waals surface area contributed by atoms with Gasteiger partial charge in [0.25, 0.3) is 5.78 Å². The van der Waals surface area contributed by atoms with E-state index in [9.17, 15) is 0 Å². The maximum absolute atomic E-state index is 4.85. The molecule has 0 atom stereocenters. The molecular weight excluding hydrogens is 338 g/mol. The molecule has 2 aromatic heterocycles. The highest BCUT2D eigenvalue weighted by atomic mass is 15.4. The van der Waals surface area contributed by atoms with E-state index in [1.807, 2.05) is 4.52 Å². The lowest BCUT2D eigenvalue weighted by Crippen LogP contribution is -2.48. The molecule has 7 heteroatoms. The molecule has 4 rings (SSSR count). The molecule has 148 valence electrons. The molecule has 0 N–H and O–H groups in total. The number of hydrogen-bond acceptors (Lipinski definition) is 6. The standard InChI is InChI=1S/C20H33N7/c1-16(2)25-12-10-24(11-13-25)15-18-22-20-21-17(3)14-19(27(20)23-18)26-8-6-4-5-7-9-26/h14,16H,4-13,15H2,1-3H3. The maximum atomic E-state index is 4.85. The van der Waals surface area contributed by atoms with Crippen LogP contribution in [0.5, 0.6) is 0 Å². The van der Waals surface area contributed by atoms with Gasteiger partial charge in [-0.3, -0.25) is 9.80 Å². The molecule has 4 heterocycles. The zero-order valence-corrected chi connectivity index (χ0v) is 17.1. The highest BCUT2D eigenvalue weighted by molar-refractivity contribution is 5.47. The Labute approximate surface area is 162 Å². The summed E-state index contributed by atoms with van der Waals surface area (Å²) in [5, 5.41) is 4.85. The Kier molecular flexibility index (Phi) is 5.59. The van der Waals surface area contributed by atoms with Crippen LogP contribution in [0.25, 0.3) is 5.78 Å². The Balaban J connectivity index is 1.52. The van der Waals surface area contributed by atoms with Crippen molar-refractivity contribution in [3.05, 3.63) is 17.6 Å². The fourth-order valence-corrected chi connectivity index (χ4v) is 4.24. The molecular formula is C20H33N7. The lowest BCUT2D eigenvalue weighted by Gasteiger charge is -2.36. The fraction of sp³-hybridized carbons (Fsp3) is 0.750. The van der Waals surface area contributed by atoms with Gasteiger partial charge in [0.2, 0.25) is 0 Å². The van der Waals surface area contributed by atoms with Crippen LogP contribution < -0.4 is 4.90 Å². The quantitative estimate of drug-likeness (QED) is 0.822. The summed E-state index contributed by atoms with van der Waals surface area (Å²) in [5.41, 5.74) is 1.02. The van der Waals surface area contributed by atoms with Crippen LogP contribution in [0.1, 0.15) is 51.0 Å². The van der Waals surface area contributed by atoms with Crippen LogP contribution in [0.4, 0.5) is 5.82 Å². The van der Waals surface area contributed by atoms with E-state index < -0.39 is 0 Å². The van der Waals surface area contributed by atoms with Gasteiger partial charge in [-0.15, -0.1) is 5.10 Å². The molecule has 0 radical (unpaired) electrons. The van der Waals surface area contributed by atoms with Crippen LogP contribution in [-0.2, 0) is 6.54 Å². The van der Waals surface area contributed by atoms with Crippen molar-refractivity contribution in [2.24, 2.45) is 0 Å². The Morgan fingerprint density at radius 3 is 2.30 bits per heavy atom. The molecule has 2 aliphatic heterocycles. The summed E-state index contributed by atoms with van der Waals surface area (Å²) in [6.45, 7) is 14.0. The van der Waals surface area contributed by atoms with E-state index >= 15 is 0 Å². The zero-order valence-electron chi connectivity index (χ0n) is 17.1. The monoisotopic (exact) mass is 371 g/mol. The summed E-state index contributed by atoms with van der Waals surface area (Å²) in [5.74, 6) is 2.79. The van der Waals surface area contributed by atoms with Gasteiger partial charge in [-0.2, -0.15) is 9.50 Å². The maximum Gasteiger partial charge on any atom is 0.254 e. The molecule has 0 aromatic carbocycles. The number of aromatic nitrogens is 4. The van der Waals surface area contributed by atoms with Gasteiger partial charge in [0.15, 0.2) is 5.82 Å². The van der Waals surface area contributed by atoms with Crippen molar-refractivity contribution in [2.75, 3.05) is 44.2 Å². The van der Waals surface area contributed by atoms with Gasteiger partial charge < -0.3 is 4.90 Å². The Hall–Kier alpha value is -1.73. The lowest BCUT2D eigenvalue weighted by atomic mass is 10.2. The number of aryl methyl sites for hydroxylation is 1. The van der Waals surface area contributed by atoms with Crippen LogP contribution in [-0.4, -0.2) is 74.7 Å². The molecule has 0 bridgehead atoms. The Morgan fingerprint density at radius 2 is 1.63 bits per heavy atom. The molecule has 7 nitrogen and oxygen atoms in total. The summed E-state index contributed by atoms with van der Waals surface area (Å²) < 4.78 is 1.97. The minimum atomic E-state index is 0.629. The van der Waals surface area contributed by atoms with E-state index in [1.165, 1.54) is 25.7 Å². The van der Waals surface area contributed by atoms with E-state index in [1.54, 1.807) is 0 Å². The number of nitrogens with zero attached hydrogens (tertiary/aromatic N) is 7. The first-order valence-electron chi connectivity index (χ1n) is 10.5. The first-order chi connectivity index (χ1) is 13.1. The van der Waals surface area contributed by atoms with Crippen LogP contribution in [0, 0.1) is 6.92 Å². The number of rotatable bonds is 4. The molecule has 27 heavy (non-hydrogen) atoms. The van der Waals surface area contributed by atoms with Crippen molar-refractivity contribution in [1.82, 2.24) is 29.4 Å². The normalized spacial score (nSPS) is 20.5. The number of fused-ring (bicyclic) bond motifs is 1. The van der Waals surface area contributed by atoms with E-state index in [-0.39, 0.29) is 0 Å². The predicted octanol–water partition coefficient (Wildman–Crippen LogP) is 2.34. The second kappa shape index (κ2) is 8.10. The van der Waals surface area contributed by atoms with E-state index in [2.05, 4.69) is 46.5 Å². The largest absolute Gasteiger partial charge is 0.356 e. The van der Waals surface area contributed by atoms with Crippen molar-refractivity contribution in [1.29, 1.82) is 0 Å². The minimum absolute atomic E-state index is 0.629. The summed E-state index contributed by atoms with van der Waals surface area (Å²) in [4.78, 5) is 16.9. The highest BCUT2D eigenvalue weighted by Gasteiger charge is 2.21. The van der Waals surface area contributed by atoms with Gasteiger partial charge in [-0.25, -0.2) is 4.98 Å². The molecule has 2 aliphatic rings. The number of hydrogen-bond donors (Lipinski definition) is 0. The van der Waals surface area contributed by atoms with Gasteiger partial charge in [0.1, 0.15) is 5.82 Å². The fourth-order valence-electron chi connectivity index (χ4n) is 4.24. The average molecular weight is 372 g/mol.